The molecule has 1 atom stereocenters. The van der Waals surface area contributed by atoms with Crippen LogP contribution in [0.25, 0.3) is 16.6 Å². The van der Waals surface area contributed by atoms with Crippen LogP contribution < -0.4 is 9.47 Å². The van der Waals surface area contributed by atoms with Gasteiger partial charge in [0, 0.05) is 45.9 Å². The van der Waals surface area contributed by atoms with Crippen molar-refractivity contribution in [3.8, 4) is 17.2 Å². The lowest BCUT2D eigenvalue weighted by atomic mass is 10.0. The van der Waals surface area contributed by atoms with Gasteiger partial charge in [-0.25, -0.2) is 9.18 Å². The molecule has 0 aliphatic heterocycles. The molecular weight excluding hydrogens is 578 g/mol. The van der Waals surface area contributed by atoms with Crippen LogP contribution in [0.4, 0.5) is 17.6 Å². The fourth-order valence-electron chi connectivity index (χ4n) is 3.85. The molecule has 0 bridgehead atoms. The SMILES string of the molecule is C=CCCC(=C)Cl.CC.CCCC(=O)c1c(C)n(-c2ccc(F)c(O[C@@H](C)C(=O)O)c2)c2cc(OC(F)(F)F)ccc12. The second kappa shape index (κ2) is 16.6. The van der Waals surface area contributed by atoms with Gasteiger partial charge in [0.15, 0.2) is 23.5 Å². The number of alkyl halides is 3. The van der Waals surface area contributed by atoms with Crippen molar-refractivity contribution < 1.29 is 41.7 Å². The maximum absolute atomic E-state index is 14.3. The van der Waals surface area contributed by atoms with E-state index in [1.165, 1.54) is 29.7 Å². The number of rotatable bonds is 11. The Morgan fingerprint density at radius 2 is 1.79 bits per heavy atom. The first-order valence-electron chi connectivity index (χ1n) is 13.3. The van der Waals surface area contributed by atoms with Gasteiger partial charge in [0.2, 0.25) is 0 Å². The molecule has 0 aliphatic rings. The summed E-state index contributed by atoms with van der Waals surface area (Å²) >= 11 is 5.41. The summed E-state index contributed by atoms with van der Waals surface area (Å²) in [5.41, 5.74) is 1.26. The zero-order valence-electron chi connectivity index (χ0n) is 24.3. The van der Waals surface area contributed by atoms with Gasteiger partial charge in [0.25, 0.3) is 0 Å². The number of hydrogen-bond donors (Lipinski definition) is 1. The molecule has 42 heavy (non-hydrogen) atoms. The fourth-order valence-corrected chi connectivity index (χ4v) is 3.96. The first kappa shape index (κ1) is 36.2. The van der Waals surface area contributed by atoms with E-state index in [0.29, 0.717) is 28.1 Å². The molecule has 230 valence electrons. The number of nitrogens with zero attached hydrogens (tertiary/aromatic N) is 1. The number of carbonyl (C=O) groups excluding carboxylic acids is 1. The molecule has 0 saturated heterocycles. The van der Waals surface area contributed by atoms with Gasteiger partial charge in [0.1, 0.15) is 5.75 Å². The molecule has 6 nitrogen and oxygen atoms in total. The van der Waals surface area contributed by atoms with E-state index in [1.807, 2.05) is 26.8 Å². The number of halogens is 5. The van der Waals surface area contributed by atoms with E-state index in [4.69, 9.17) is 21.4 Å². The summed E-state index contributed by atoms with van der Waals surface area (Å²) < 4.78 is 63.3. The Hall–Kier alpha value is -3.79. The molecule has 0 saturated carbocycles. The lowest BCUT2D eigenvalue weighted by Crippen LogP contribution is -2.23. The molecule has 0 fully saturated rings. The highest BCUT2D eigenvalue weighted by molar-refractivity contribution is 6.29. The maximum atomic E-state index is 14.3. The molecule has 11 heteroatoms. The van der Waals surface area contributed by atoms with E-state index in [2.05, 4.69) is 17.9 Å². The summed E-state index contributed by atoms with van der Waals surface area (Å²) in [5, 5.41) is 10.2. The zero-order valence-corrected chi connectivity index (χ0v) is 25.0. The van der Waals surface area contributed by atoms with E-state index < -0.39 is 30.0 Å². The number of carboxylic acid groups (broad SMARTS) is 1. The Kier molecular flexibility index (Phi) is 14.3. The summed E-state index contributed by atoms with van der Waals surface area (Å²) in [7, 11) is 0. The van der Waals surface area contributed by atoms with E-state index in [1.54, 1.807) is 6.92 Å². The van der Waals surface area contributed by atoms with Crippen LogP contribution >= 0.6 is 11.6 Å². The molecule has 3 aromatic rings. The smallest absolute Gasteiger partial charge is 0.479 e. The summed E-state index contributed by atoms with van der Waals surface area (Å²) in [4.78, 5) is 23.9. The number of aliphatic carboxylic acids is 1. The van der Waals surface area contributed by atoms with Crippen LogP contribution in [0.2, 0.25) is 0 Å². The number of ether oxygens (including phenoxy) is 2. The predicted octanol–water partition coefficient (Wildman–Crippen LogP) is 9.54. The summed E-state index contributed by atoms with van der Waals surface area (Å²) in [6.07, 6.45) is -1.84. The molecular formula is C31H36ClF4NO5. The number of fused-ring (bicyclic) bond motifs is 1. The van der Waals surface area contributed by atoms with Crippen molar-refractivity contribution in [2.24, 2.45) is 0 Å². The van der Waals surface area contributed by atoms with Crippen LogP contribution in [0.5, 0.6) is 11.5 Å². The van der Waals surface area contributed by atoms with Gasteiger partial charge in [-0.3, -0.25) is 4.79 Å². The second-order valence-electron chi connectivity index (χ2n) is 8.75. The average Bonchev–Trinajstić information content (AvgIpc) is 3.20. The van der Waals surface area contributed by atoms with Gasteiger partial charge < -0.3 is 19.1 Å². The van der Waals surface area contributed by atoms with Gasteiger partial charge >= 0.3 is 12.3 Å². The molecule has 1 N–H and O–H groups in total. The minimum atomic E-state index is -4.91. The lowest BCUT2D eigenvalue weighted by molar-refractivity contribution is -0.274. The van der Waals surface area contributed by atoms with Gasteiger partial charge in [0.05, 0.1) is 5.52 Å². The number of benzene rings is 2. The third-order valence-corrected chi connectivity index (χ3v) is 5.80. The van der Waals surface area contributed by atoms with Crippen LogP contribution in [0.1, 0.15) is 69.4 Å². The molecule has 0 aliphatic carbocycles. The zero-order chi connectivity index (χ0) is 32.2. The van der Waals surface area contributed by atoms with Gasteiger partial charge in [-0.15, -0.1) is 19.8 Å². The molecule has 0 unspecified atom stereocenters. The standard InChI is InChI=1S/C23H21F4NO5.C6H9Cl.C2H6/c1-4-5-19(29)21-12(2)28(18-11-15(7-8-16(18)21)33-23(25,26)27)14-6-9-17(24)20(10-14)32-13(3)22(30)31;1-3-4-5-6(2)7;1-2/h6-11,13H,4-5H2,1-3H3,(H,30,31);3H,1-2,4-5H2;1-2H3/t13-;;/m0../s1. The quantitative estimate of drug-likeness (QED) is 0.132. The van der Waals surface area contributed by atoms with Crippen molar-refractivity contribution in [3.63, 3.8) is 0 Å². The van der Waals surface area contributed by atoms with Crippen LogP contribution in [0, 0.1) is 12.7 Å². The van der Waals surface area contributed by atoms with E-state index >= 15 is 0 Å². The van der Waals surface area contributed by atoms with Gasteiger partial charge in [-0.1, -0.05) is 45.0 Å². The average molecular weight is 614 g/mol. The first-order chi connectivity index (χ1) is 19.7. The number of allylic oxidation sites excluding steroid dienone is 2. The van der Waals surface area contributed by atoms with Crippen molar-refractivity contribution in [3.05, 3.63) is 77.7 Å². The largest absolute Gasteiger partial charge is 0.573 e. The van der Waals surface area contributed by atoms with Crippen LogP contribution in [-0.4, -0.2) is 33.9 Å². The Balaban J connectivity index is 0.000000858. The summed E-state index contributed by atoms with van der Waals surface area (Å²) in [6.45, 7) is 15.7. The van der Waals surface area contributed by atoms with Crippen molar-refractivity contribution in [2.75, 3.05) is 0 Å². The number of carboxylic acids is 1. The topological polar surface area (TPSA) is 77.8 Å². The Labute approximate surface area is 248 Å². The predicted molar refractivity (Wildman–Crippen MR) is 157 cm³/mol. The van der Waals surface area contributed by atoms with Crippen LogP contribution in [-0.2, 0) is 4.79 Å². The molecule has 1 heterocycles. The molecule has 2 aromatic carbocycles. The monoisotopic (exact) mass is 613 g/mol. The van der Waals surface area contributed by atoms with Crippen molar-refractivity contribution in [1.82, 2.24) is 4.57 Å². The van der Waals surface area contributed by atoms with Crippen molar-refractivity contribution in [2.45, 2.75) is 72.8 Å². The highest BCUT2D eigenvalue weighted by Gasteiger charge is 2.32. The molecule has 0 amide bonds. The van der Waals surface area contributed by atoms with E-state index in [0.717, 1.165) is 31.0 Å². The minimum Gasteiger partial charge on any atom is -0.479 e. The summed E-state index contributed by atoms with van der Waals surface area (Å²) in [6, 6.07) is 7.26. The van der Waals surface area contributed by atoms with Crippen LogP contribution in [0.3, 0.4) is 0 Å². The lowest BCUT2D eigenvalue weighted by Gasteiger charge is -2.15. The van der Waals surface area contributed by atoms with Crippen LogP contribution in [0.15, 0.2) is 60.7 Å². The maximum Gasteiger partial charge on any atom is 0.573 e. The molecule has 0 radical (unpaired) electrons. The first-order valence-corrected chi connectivity index (χ1v) is 13.6. The number of aromatic nitrogens is 1. The third kappa shape index (κ3) is 10.2. The normalized spacial score (nSPS) is 11.4. The number of ketones is 1. The highest BCUT2D eigenvalue weighted by atomic mass is 35.5. The van der Waals surface area contributed by atoms with E-state index in [-0.39, 0.29) is 29.2 Å². The van der Waals surface area contributed by atoms with Crippen molar-refractivity contribution in [1.29, 1.82) is 0 Å². The molecule has 1 aromatic heterocycles. The summed E-state index contributed by atoms with van der Waals surface area (Å²) in [5.74, 6) is -3.15. The molecule has 0 spiro atoms. The number of Topliss-reactive ketones (excluding diaryl/α,β-unsaturated/α-hetero) is 1. The fraction of sp³-hybridized carbons (Fsp3) is 0.355. The number of hydrogen-bond acceptors (Lipinski definition) is 4. The van der Waals surface area contributed by atoms with E-state index in [9.17, 15) is 27.2 Å². The Bertz CT molecular complexity index is 1400. The van der Waals surface area contributed by atoms with Crippen molar-refractivity contribution >= 4 is 34.3 Å². The third-order valence-electron chi connectivity index (χ3n) is 5.61. The molecule has 3 rings (SSSR count). The second-order valence-corrected chi connectivity index (χ2v) is 9.29. The minimum absolute atomic E-state index is 0.193. The number of carbonyl (C=O) groups is 2. The van der Waals surface area contributed by atoms with Gasteiger partial charge in [-0.2, -0.15) is 0 Å². The highest BCUT2D eigenvalue weighted by Crippen LogP contribution is 2.35. The Morgan fingerprint density at radius 3 is 2.29 bits per heavy atom. The van der Waals surface area contributed by atoms with Gasteiger partial charge in [-0.05, 0) is 57.4 Å². The Morgan fingerprint density at radius 1 is 1.14 bits per heavy atom.